The fraction of sp³-hybridized carbons (Fsp3) is 0.471. The molecule has 1 unspecified atom stereocenters. The molecule has 1 aromatic heterocycles. The number of rotatable bonds is 7. The van der Waals surface area contributed by atoms with Gasteiger partial charge in [0.25, 0.3) is 0 Å². The predicted octanol–water partition coefficient (Wildman–Crippen LogP) is 4.26. The number of nitrogens with zero attached hydrogens (tertiary/aromatic N) is 1. The summed E-state index contributed by atoms with van der Waals surface area (Å²) >= 11 is 1.70. The van der Waals surface area contributed by atoms with Crippen LogP contribution in [0.1, 0.15) is 48.6 Å². The van der Waals surface area contributed by atoms with E-state index in [2.05, 4.69) is 61.6 Å². The number of benzene rings is 1. The van der Waals surface area contributed by atoms with Crippen LogP contribution in [-0.2, 0) is 13.0 Å². The van der Waals surface area contributed by atoms with Gasteiger partial charge in [0.2, 0.25) is 0 Å². The van der Waals surface area contributed by atoms with Crippen molar-refractivity contribution in [1.82, 2.24) is 10.3 Å². The molecule has 1 N–H and O–H groups in total. The van der Waals surface area contributed by atoms with Crippen LogP contribution in [0.2, 0.25) is 0 Å². The minimum Gasteiger partial charge on any atom is -0.487 e. The second-order valence-electron chi connectivity index (χ2n) is 5.20. The van der Waals surface area contributed by atoms with E-state index in [1.54, 1.807) is 11.3 Å². The molecule has 0 saturated heterocycles. The third kappa shape index (κ3) is 4.29. The summed E-state index contributed by atoms with van der Waals surface area (Å²) in [5, 5.41) is 6.70. The first-order valence-corrected chi connectivity index (χ1v) is 8.42. The minimum atomic E-state index is 0.284. The molecule has 3 nitrogen and oxygen atoms in total. The fourth-order valence-electron chi connectivity index (χ4n) is 2.28. The van der Waals surface area contributed by atoms with Crippen LogP contribution in [0, 0.1) is 6.92 Å². The number of nitrogens with one attached hydrogen (secondary N) is 1. The van der Waals surface area contributed by atoms with Crippen molar-refractivity contribution in [1.29, 1.82) is 0 Å². The van der Waals surface area contributed by atoms with Crippen LogP contribution >= 0.6 is 11.3 Å². The quantitative estimate of drug-likeness (QED) is 0.829. The van der Waals surface area contributed by atoms with Crippen molar-refractivity contribution < 1.29 is 4.74 Å². The maximum absolute atomic E-state index is 6.01. The van der Waals surface area contributed by atoms with Crippen LogP contribution in [0.15, 0.2) is 23.6 Å². The Labute approximate surface area is 131 Å². The Hall–Kier alpha value is -1.39. The molecule has 0 spiro atoms. The summed E-state index contributed by atoms with van der Waals surface area (Å²) in [5.41, 5.74) is 3.48. The lowest BCUT2D eigenvalue weighted by molar-refractivity contribution is 0.295. The van der Waals surface area contributed by atoms with E-state index < -0.39 is 0 Å². The Bertz CT molecular complexity index is 580. The van der Waals surface area contributed by atoms with Crippen molar-refractivity contribution in [3.05, 3.63) is 45.4 Å². The lowest BCUT2D eigenvalue weighted by atomic mass is 10.0. The second kappa shape index (κ2) is 7.57. The highest BCUT2D eigenvalue weighted by Crippen LogP contribution is 2.27. The lowest BCUT2D eigenvalue weighted by Crippen LogP contribution is -2.18. The van der Waals surface area contributed by atoms with E-state index in [-0.39, 0.29) is 6.04 Å². The van der Waals surface area contributed by atoms with E-state index in [9.17, 15) is 0 Å². The van der Waals surface area contributed by atoms with Gasteiger partial charge in [0.05, 0.1) is 10.7 Å². The van der Waals surface area contributed by atoms with Gasteiger partial charge in [0.15, 0.2) is 0 Å². The SMILES string of the molecule is CCNC(C)c1cc(C)ccc1OCc1csc(CC)n1. The van der Waals surface area contributed by atoms with Gasteiger partial charge in [-0.2, -0.15) is 0 Å². The van der Waals surface area contributed by atoms with E-state index >= 15 is 0 Å². The van der Waals surface area contributed by atoms with Gasteiger partial charge in [-0.05, 0) is 32.9 Å². The molecule has 0 bridgehead atoms. The molecule has 1 heterocycles. The van der Waals surface area contributed by atoms with Crippen molar-refractivity contribution >= 4 is 11.3 Å². The van der Waals surface area contributed by atoms with Crippen LogP contribution in [-0.4, -0.2) is 11.5 Å². The van der Waals surface area contributed by atoms with E-state index in [1.807, 2.05) is 0 Å². The van der Waals surface area contributed by atoms with Crippen molar-refractivity contribution in [2.24, 2.45) is 0 Å². The maximum atomic E-state index is 6.01. The summed E-state index contributed by atoms with van der Waals surface area (Å²) in [5.74, 6) is 0.945. The standard InChI is InChI=1S/C17H24N2OS/c1-5-17-19-14(11-21-17)10-20-16-8-7-12(3)9-15(16)13(4)18-6-2/h7-9,11,13,18H,5-6,10H2,1-4H3. The Kier molecular flexibility index (Phi) is 5.76. The van der Waals surface area contributed by atoms with E-state index in [0.29, 0.717) is 6.61 Å². The molecule has 2 aromatic rings. The molecule has 1 atom stereocenters. The smallest absolute Gasteiger partial charge is 0.131 e. The van der Waals surface area contributed by atoms with Gasteiger partial charge in [-0.25, -0.2) is 4.98 Å². The summed E-state index contributed by atoms with van der Waals surface area (Å²) in [7, 11) is 0. The predicted molar refractivity (Wildman–Crippen MR) is 89.1 cm³/mol. The molecule has 21 heavy (non-hydrogen) atoms. The summed E-state index contributed by atoms with van der Waals surface area (Å²) < 4.78 is 6.01. The molecule has 0 aliphatic rings. The normalized spacial score (nSPS) is 12.4. The highest BCUT2D eigenvalue weighted by molar-refractivity contribution is 7.09. The summed E-state index contributed by atoms with van der Waals surface area (Å²) in [6.45, 7) is 10.0. The van der Waals surface area contributed by atoms with Gasteiger partial charge < -0.3 is 10.1 Å². The summed E-state index contributed by atoms with van der Waals surface area (Å²) in [6.07, 6.45) is 0.984. The second-order valence-corrected chi connectivity index (χ2v) is 6.14. The Morgan fingerprint density at radius 3 is 2.81 bits per heavy atom. The van der Waals surface area contributed by atoms with Crippen LogP contribution in [0.25, 0.3) is 0 Å². The van der Waals surface area contributed by atoms with Gasteiger partial charge in [-0.1, -0.05) is 31.5 Å². The van der Waals surface area contributed by atoms with Crippen molar-refractivity contribution in [2.45, 2.75) is 46.8 Å². The van der Waals surface area contributed by atoms with Crippen molar-refractivity contribution in [2.75, 3.05) is 6.54 Å². The van der Waals surface area contributed by atoms with Gasteiger partial charge in [0, 0.05) is 17.0 Å². The molecule has 0 radical (unpaired) electrons. The number of aromatic nitrogens is 1. The lowest BCUT2D eigenvalue weighted by Gasteiger charge is -2.18. The van der Waals surface area contributed by atoms with Gasteiger partial charge >= 0.3 is 0 Å². The monoisotopic (exact) mass is 304 g/mol. The number of ether oxygens (including phenoxy) is 1. The molecule has 0 saturated carbocycles. The zero-order valence-corrected chi connectivity index (χ0v) is 14.1. The van der Waals surface area contributed by atoms with E-state index in [4.69, 9.17) is 4.74 Å². The van der Waals surface area contributed by atoms with E-state index in [0.717, 1.165) is 24.4 Å². The van der Waals surface area contributed by atoms with E-state index in [1.165, 1.54) is 16.1 Å². The highest BCUT2D eigenvalue weighted by atomic mass is 32.1. The topological polar surface area (TPSA) is 34.1 Å². The molecule has 114 valence electrons. The molecular weight excluding hydrogens is 280 g/mol. The first kappa shape index (κ1) is 16.0. The molecule has 4 heteroatoms. The number of aryl methyl sites for hydroxylation is 2. The Balaban J connectivity index is 2.11. The largest absolute Gasteiger partial charge is 0.487 e. The zero-order valence-electron chi connectivity index (χ0n) is 13.3. The molecule has 0 fully saturated rings. The average Bonchev–Trinajstić information content (AvgIpc) is 2.94. The van der Waals surface area contributed by atoms with Crippen LogP contribution in [0.5, 0.6) is 5.75 Å². The molecule has 2 rings (SSSR count). The molecule has 0 aliphatic heterocycles. The highest BCUT2D eigenvalue weighted by Gasteiger charge is 2.12. The first-order chi connectivity index (χ1) is 10.1. The summed E-state index contributed by atoms with van der Waals surface area (Å²) in [6, 6.07) is 6.63. The molecule has 0 amide bonds. The number of thiazole rings is 1. The summed E-state index contributed by atoms with van der Waals surface area (Å²) in [4.78, 5) is 4.55. The van der Waals surface area contributed by atoms with Crippen LogP contribution < -0.4 is 10.1 Å². The molecular formula is C17H24N2OS. The third-order valence-electron chi connectivity index (χ3n) is 3.42. The number of hydrogen-bond donors (Lipinski definition) is 1. The molecule has 1 aromatic carbocycles. The van der Waals surface area contributed by atoms with Gasteiger partial charge in [-0.15, -0.1) is 11.3 Å². The Morgan fingerprint density at radius 2 is 2.14 bits per heavy atom. The number of hydrogen-bond acceptors (Lipinski definition) is 4. The zero-order chi connectivity index (χ0) is 15.2. The van der Waals surface area contributed by atoms with Crippen LogP contribution in [0.4, 0.5) is 0 Å². The first-order valence-electron chi connectivity index (χ1n) is 7.54. The Morgan fingerprint density at radius 1 is 1.33 bits per heavy atom. The maximum Gasteiger partial charge on any atom is 0.131 e. The average molecular weight is 304 g/mol. The van der Waals surface area contributed by atoms with Gasteiger partial charge in [-0.3, -0.25) is 0 Å². The fourth-order valence-corrected chi connectivity index (χ4v) is 3.01. The minimum absolute atomic E-state index is 0.284. The molecule has 0 aliphatic carbocycles. The van der Waals surface area contributed by atoms with Crippen molar-refractivity contribution in [3.8, 4) is 5.75 Å². The van der Waals surface area contributed by atoms with Crippen LogP contribution in [0.3, 0.4) is 0 Å². The third-order valence-corrected chi connectivity index (χ3v) is 4.46. The van der Waals surface area contributed by atoms with Gasteiger partial charge in [0.1, 0.15) is 12.4 Å². The van der Waals surface area contributed by atoms with Crippen molar-refractivity contribution in [3.63, 3.8) is 0 Å².